The average Bonchev–Trinajstić information content (AvgIpc) is 3.43. The summed E-state index contributed by atoms with van der Waals surface area (Å²) in [6.07, 6.45) is 0. The number of rotatable bonds is 6. The van der Waals surface area contributed by atoms with E-state index in [-0.39, 0.29) is 18.9 Å². The monoisotopic (exact) mass is 458 g/mol. The number of carbonyl (C=O) groups excluding carboxylic acids is 4. The first-order valence-corrected chi connectivity index (χ1v) is 10.4. The number of hydrogen-bond donors (Lipinski definition) is 1. The van der Waals surface area contributed by atoms with Crippen molar-refractivity contribution in [2.24, 2.45) is 0 Å². The Balaban J connectivity index is 1.15. The molecule has 1 N–H and O–H groups in total. The molecule has 170 valence electrons. The molecule has 9 heteroatoms. The molecule has 34 heavy (non-hydrogen) atoms. The molecule has 3 amide bonds. The number of hydrogen-bond acceptors (Lipinski definition) is 7. The summed E-state index contributed by atoms with van der Waals surface area (Å²) in [5, 5.41) is 2.67. The maximum atomic E-state index is 12.6. The van der Waals surface area contributed by atoms with Crippen LogP contribution < -0.4 is 19.7 Å². The molecule has 0 saturated carbocycles. The zero-order valence-electron chi connectivity index (χ0n) is 17.8. The SMILES string of the molecule is O=C(COC(=O)c1ccc(N2C(=O)c3ccccc3C2=O)cc1)NCc1ccc2c(c1)OCO2. The number of carbonyl (C=O) groups is 4. The van der Waals surface area contributed by atoms with Gasteiger partial charge < -0.3 is 19.5 Å². The van der Waals surface area contributed by atoms with Gasteiger partial charge in [0.05, 0.1) is 22.4 Å². The molecule has 0 radical (unpaired) electrons. The summed E-state index contributed by atoms with van der Waals surface area (Å²) in [5.41, 5.74) is 2.01. The van der Waals surface area contributed by atoms with Crippen LogP contribution in [0.25, 0.3) is 0 Å². The van der Waals surface area contributed by atoms with Crippen LogP contribution in [-0.4, -0.2) is 37.1 Å². The lowest BCUT2D eigenvalue weighted by Crippen LogP contribution is -2.29. The molecule has 3 aromatic carbocycles. The van der Waals surface area contributed by atoms with E-state index in [4.69, 9.17) is 14.2 Å². The first kappa shape index (κ1) is 21.2. The summed E-state index contributed by atoms with van der Waals surface area (Å²) in [5.74, 6) is -0.744. The third-order valence-corrected chi connectivity index (χ3v) is 5.42. The summed E-state index contributed by atoms with van der Waals surface area (Å²) in [6.45, 7) is -0.0497. The molecule has 5 rings (SSSR count). The van der Waals surface area contributed by atoms with Crippen LogP contribution in [0.4, 0.5) is 5.69 Å². The van der Waals surface area contributed by atoms with Gasteiger partial charge in [0.2, 0.25) is 6.79 Å². The van der Waals surface area contributed by atoms with Gasteiger partial charge in [-0.05, 0) is 54.1 Å². The number of amides is 3. The largest absolute Gasteiger partial charge is 0.454 e. The standard InChI is InChI=1S/C25H18N2O7/c28-22(26-12-15-5-10-20-21(11-15)34-14-33-20)13-32-25(31)16-6-8-17(9-7-16)27-23(29)18-3-1-2-4-19(18)24(27)30/h1-11H,12-14H2,(H,26,28). The fraction of sp³-hybridized carbons (Fsp3) is 0.120. The zero-order chi connectivity index (χ0) is 23.7. The van der Waals surface area contributed by atoms with Crippen molar-refractivity contribution in [3.63, 3.8) is 0 Å². The maximum absolute atomic E-state index is 12.6. The molecule has 0 saturated heterocycles. The Hall–Kier alpha value is -4.66. The Morgan fingerprint density at radius 1 is 0.882 bits per heavy atom. The topological polar surface area (TPSA) is 111 Å². The van der Waals surface area contributed by atoms with E-state index < -0.39 is 30.3 Å². The van der Waals surface area contributed by atoms with Crippen LogP contribution in [-0.2, 0) is 16.1 Å². The van der Waals surface area contributed by atoms with Crippen LogP contribution in [0.2, 0.25) is 0 Å². The molecule has 3 aromatic rings. The fourth-order valence-corrected chi connectivity index (χ4v) is 3.69. The van der Waals surface area contributed by atoms with Gasteiger partial charge in [-0.15, -0.1) is 0 Å². The second-order valence-electron chi connectivity index (χ2n) is 7.58. The van der Waals surface area contributed by atoms with E-state index in [0.29, 0.717) is 28.3 Å². The lowest BCUT2D eigenvalue weighted by molar-refractivity contribution is -0.124. The van der Waals surface area contributed by atoms with Crippen molar-refractivity contribution in [3.05, 3.63) is 89.0 Å². The van der Waals surface area contributed by atoms with Gasteiger partial charge in [-0.1, -0.05) is 18.2 Å². The van der Waals surface area contributed by atoms with E-state index in [1.807, 2.05) is 0 Å². The quantitative estimate of drug-likeness (QED) is 0.447. The Bertz CT molecular complexity index is 1280. The Morgan fingerprint density at radius 2 is 1.56 bits per heavy atom. The highest BCUT2D eigenvalue weighted by molar-refractivity contribution is 6.34. The average molecular weight is 458 g/mol. The molecule has 0 aliphatic carbocycles. The van der Waals surface area contributed by atoms with Crippen molar-refractivity contribution in [1.29, 1.82) is 0 Å². The van der Waals surface area contributed by atoms with Crippen molar-refractivity contribution >= 4 is 29.4 Å². The predicted molar refractivity (Wildman–Crippen MR) is 119 cm³/mol. The zero-order valence-corrected chi connectivity index (χ0v) is 17.8. The molecular weight excluding hydrogens is 440 g/mol. The van der Waals surface area contributed by atoms with E-state index in [2.05, 4.69) is 5.32 Å². The van der Waals surface area contributed by atoms with Crippen molar-refractivity contribution in [2.45, 2.75) is 6.54 Å². The molecule has 0 atom stereocenters. The Labute approximate surface area is 193 Å². The number of nitrogens with zero attached hydrogens (tertiary/aromatic N) is 1. The lowest BCUT2D eigenvalue weighted by Gasteiger charge is -2.14. The van der Waals surface area contributed by atoms with E-state index in [9.17, 15) is 19.2 Å². The molecule has 2 heterocycles. The minimum absolute atomic E-state index is 0.167. The smallest absolute Gasteiger partial charge is 0.338 e. The number of esters is 1. The number of benzene rings is 3. The van der Waals surface area contributed by atoms with Crippen LogP contribution in [0.1, 0.15) is 36.6 Å². The normalized spacial score (nSPS) is 13.6. The van der Waals surface area contributed by atoms with Gasteiger partial charge >= 0.3 is 5.97 Å². The second-order valence-corrected chi connectivity index (χ2v) is 7.58. The molecule has 2 aliphatic rings. The molecule has 2 aliphatic heterocycles. The third-order valence-electron chi connectivity index (χ3n) is 5.42. The van der Waals surface area contributed by atoms with Crippen LogP contribution in [0, 0.1) is 0 Å². The fourth-order valence-electron chi connectivity index (χ4n) is 3.69. The van der Waals surface area contributed by atoms with Crippen LogP contribution in [0.3, 0.4) is 0 Å². The highest BCUT2D eigenvalue weighted by Crippen LogP contribution is 2.32. The van der Waals surface area contributed by atoms with Crippen molar-refractivity contribution in [3.8, 4) is 11.5 Å². The molecule has 0 unspecified atom stereocenters. The third kappa shape index (κ3) is 3.95. The van der Waals surface area contributed by atoms with Gasteiger partial charge in [-0.3, -0.25) is 14.4 Å². The summed E-state index contributed by atoms with van der Waals surface area (Å²) in [7, 11) is 0. The first-order chi connectivity index (χ1) is 16.5. The van der Waals surface area contributed by atoms with Crippen LogP contribution >= 0.6 is 0 Å². The summed E-state index contributed by atoms with van der Waals surface area (Å²) in [4.78, 5) is 50.6. The van der Waals surface area contributed by atoms with E-state index >= 15 is 0 Å². The molecule has 0 fully saturated rings. The van der Waals surface area contributed by atoms with E-state index in [1.54, 1.807) is 42.5 Å². The van der Waals surface area contributed by atoms with Gasteiger partial charge in [0.15, 0.2) is 18.1 Å². The number of imide groups is 1. The Kier molecular flexibility index (Phi) is 5.43. The summed E-state index contributed by atoms with van der Waals surface area (Å²) < 4.78 is 15.6. The number of ether oxygens (including phenoxy) is 3. The number of anilines is 1. The van der Waals surface area contributed by atoms with Gasteiger partial charge in [0.1, 0.15) is 0 Å². The van der Waals surface area contributed by atoms with Gasteiger partial charge in [0, 0.05) is 6.54 Å². The minimum Gasteiger partial charge on any atom is -0.454 e. The van der Waals surface area contributed by atoms with Crippen molar-refractivity contribution in [2.75, 3.05) is 18.3 Å². The molecule has 0 aromatic heterocycles. The number of nitrogens with one attached hydrogen (secondary N) is 1. The highest BCUT2D eigenvalue weighted by atomic mass is 16.7. The predicted octanol–water partition coefficient (Wildman–Crippen LogP) is 2.69. The second kappa shape index (κ2) is 8.70. The van der Waals surface area contributed by atoms with Crippen LogP contribution in [0.15, 0.2) is 66.7 Å². The molecule has 0 bridgehead atoms. The number of fused-ring (bicyclic) bond motifs is 2. The van der Waals surface area contributed by atoms with Crippen molar-refractivity contribution in [1.82, 2.24) is 5.32 Å². The first-order valence-electron chi connectivity index (χ1n) is 10.4. The molecular formula is C25H18N2O7. The minimum atomic E-state index is -0.702. The Morgan fingerprint density at radius 3 is 2.26 bits per heavy atom. The van der Waals surface area contributed by atoms with Gasteiger partial charge in [0.25, 0.3) is 17.7 Å². The van der Waals surface area contributed by atoms with Gasteiger partial charge in [-0.2, -0.15) is 0 Å². The maximum Gasteiger partial charge on any atom is 0.338 e. The van der Waals surface area contributed by atoms with E-state index in [0.717, 1.165) is 10.5 Å². The van der Waals surface area contributed by atoms with Crippen molar-refractivity contribution < 1.29 is 33.4 Å². The summed E-state index contributed by atoms with van der Waals surface area (Å²) >= 11 is 0. The molecule has 0 spiro atoms. The van der Waals surface area contributed by atoms with Gasteiger partial charge in [-0.25, -0.2) is 9.69 Å². The molecule has 9 nitrogen and oxygen atoms in total. The van der Waals surface area contributed by atoms with E-state index in [1.165, 1.54) is 24.3 Å². The lowest BCUT2D eigenvalue weighted by atomic mass is 10.1. The highest BCUT2D eigenvalue weighted by Gasteiger charge is 2.36. The summed E-state index contributed by atoms with van der Waals surface area (Å²) in [6, 6.07) is 17.7. The van der Waals surface area contributed by atoms with Crippen LogP contribution in [0.5, 0.6) is 11.5 Å².